The molecule has 0 fully saturated rings. The number of nitrogens with zero attached hydrogens (tertiary/aromatic N) is 8. The van der Waals surface area contributed by atoms with Crippen LogP contribution in [0.4, 0.5) is 27.4 Å². The molecule has 70 heavy (non-hydrogen) atoms. The molecule has 368 valence electrons. The first-order valence-electron chi connectivity index (χ1n) is 21.7. The highest BCUT2D eigenvalue weighted by Crippen LogP contribution is 2.31. The number of esters is 1. The van der Waals surface area contributed by atoms with Crippen LogP contribution in [0.15, 0.2) is 99.7 Å². The number of aliphatic hydroxyl groups is 2. The minimum Gasteiger partial charge on any atom is -0.489 e. The summed E-state index contributed by atoms with van der Waals surface area (Å²) in [5.74, 6) is 0.537. The van der Waals surface area contributed by atoms with E-state index in [9.17, 15) is 29.4 Å². The van der Waals surface area contributed by atoms with Crippen LogP contribution in [0, 0.1) is 5.82 Å². The Labute approximate surface area is 406 Å². The number of ether oxygens (including phenoxy) is 3. The van der Waals surface area contributed by atoms with Crippen LogP contribution in [0.3, 0.4) is 0 Å². The van der Waals surface area contributed by atoms with Crippen molar-refractivity contribution in [3.8, 4) is 28.4 Å². The van der Waals surface area contributed by atoms with Crippen molar-refractivity contribution in [3.63, 3.8) is 0 Å². The number of nitrogens with one attached hydrogen (secondary N) is 2. The zero-order valence-corrected chi connectivity index (χ0v) is 41.0. The van der Waals surface area contributed by atoms with E-state index in [0.29, 0.717) is 45.3 Å². The largest absolute Gasteiger partial charge is 0.489 e. The first-order valence-corrected chi connectivity index (χ1v) is 22.1. The van der Waals surface area contributed by atoms with E-state index in [0.717, 1.165) is 19.6 Å². The maximum absolute atomic E-state index is 15.5. The third kappa shape index (κ3) is 13.4. The summed E-state index contributed by atoms with van der Waals surface area (Å²) in [6.07, 6.45) is 4.39. The number of hydrogen-bond donors (Lipinski definition) is 4. The van der Waals surface area contributed by atoms with Gasteiger partial charge in [-0.2, -0.15) is 20.0 Å². The van der Waals surface area contributed by atoms with E-state index in [2.05, 4.69) is 35.9 Å². The van der Waals surface area contributed by atoms with E-state index in [1.54, 1.807) is 76.2 Å². The molecule has 0 saturated heterocycles. The van der Waals surface area contributed by atoms with E-state index in [1.807, 2.05) is 20.8 Å². The van der Waals surface area contributed by atoms with Gasteiger partial charge in [0.15, 0.2) is 5.15 Å². The molecule has 0 aliphatic carbocycles. The van der Waals surface area contributed by atoms with Crippen molar-refractivity contribution in [3.05, 3.63) is 138 Å². The Balaban J connectivity index is 0.000000305. The van der Waals surface area contributed by atoms with Gasteiger partial charge >= 0.3 is 5.97 Å². The number of hydrogen-bond acceptors (Lipinski definition) is 16. The van der Waals surface area contributed by atoms with E-state index in [4.69, 9.17) is 25.8 Å². The summed E-state index contributed by atoms with van der Waals surface area (Å²) in [7, 11) is 3.00. The van der Waals surface area contributed by atoms with Gasteiger partial charge in [0, 0.05) is 43.6 Å². The lowest BCUT2D eigenvalue weighted by molar-refractivity contribution is -0.142. The monoisotopic (exact) mass is 980 g/mol. The molecule has 0 radical (unpaired) electrons. The fraction of sp³-hybridized carbons (Fsp3) is 0.327. The standard InChI is InChI=1S/C35H37FN6O6.C14H17ClN4O3/c1-20(43)47-18-25-24(9-8-10-29(25)42-33(45)31-21(16-38-42)13-22(14-26(31)36)34(2,3)4)27-15-28(32(44)41(7)40-27)39-30-12-11-23(17-37-30)48-19-35(5,6)46;1-14(2,21)8-22-9-4-5-12(16-7-9)17-10-6-11(15)18-19(3)13(10)20/h8-17,46H,18-19H2,1-7H3,(H,37,39);4-7,21H,8H2,1-3H3,(H,16,17). The van der Waals surface area contributed by atoms with Crippen LogP contribution < -0.4 is 36.8 Å². The average molecular weight is 981 g/mol. The molecule has 0 saturated carbocycles. The minimum absolute atomic E-state index is 0.0678. The molecule has 21 heteroatoms. The van der Waals surface area contributed by atoms with Gasteiger partial charge in [0.1, 0.15) is 60.1 Å². The molecule has 0 bridgehead atoms. The number of halogens is 2. The molecular weight excluding hydrogens is 927 g/mol. The Bertz CT molecular complexity index is 3210. The molecule has 7 rings (SSSR count). The van der Waals surface area contributed by atoms with Gasteiger partial charge in [0.25, 0.3) is 16.7 Å². The smallest absolute Gasteiger partial charge is 0.302 e. The zero-order chi connectivity index (χ0) is 51.3. The maximum Gasteiger partial charge on any atom is 0.302 e. The van der Waals surface area contributed by atoms with Gasteiger partial charge in [-0.25, -0.2) is 23.7 Å². The van der Waals surface area contributed by atoms with Crippen LogP contribution >= 0.6 is 11.6 Å². The number of carbonyl (C=O) groups is 1. The molecule has 19 nitrogen and oxygen atoms in total. The minimum atomic E-state index is -1.02. The molecule has 0 aliphatic heterocycles. The van der Waals surface area contributed by atoms with Crippen molar-refractivity contribution in [2.45, 2.75) is 78.6 Å². The molecule has 5 aromatic heterocycles. The molecule has 4 N–H and O–H groups in total. The first kappa shape index (κ1) is 51.8. The average Bonchev–Trinajstić information content (AvgIpc) is 3.27. The molecule has 5 heterocycles. The zero-order valence-electron chi connectivity index (χ0n) is 40.3. The Kier molecular flexibility index (Phi) is 15.5. The van der Waals surface area contributed by atoms with Crippen LogP contribution in [0.5, 0.6) is 11.5 Å². The third-order valence-electron chi connectivity index (χ3n) is 10.1. The number of benzene rings is 2. The van der Waals surface area contributed by atoms with Crippen molar-refractivity contribution in [1.82, 2.24) is 39.3 Å². The highest BCUT2D eigenvalue weighted by molar-refractivity contribution is 6.29. The predicted molar refractivity (Wildman–Crippen MR) is 263 cm³/mol. The molecule has 0 aliphatic rings. The lowest BCUT2D eigenvalue weighted by Crippen LogP contribution is -2.27. The number of pyridine rings is 2. The lowest BCUT2D eigenvalue weighted by atomic mass is 9.86. The number of anilines is 4. The Morgan fingerprint density at radius 1 is 0.743 bits per heavy atom. The second-order valence-electron chi connectivity index (χ2n) is 18.5. The predicted octanol–water partition coefficient (Wildman–Crippen LogP) is 6.66. The van der Waals surface area contributed by atoms with Gasteiger partial charge in [0.05, 0.1) is 46.6 Å². The highest BCUT2D eigenvalue weighted by atomic mass is 35.5. The summed E-state index contributed by atoms with van der Waals surface area (Å²) < 4.78 is 35.2. The van der Waals surface area contributed by atoms with Crippen LogP contribution in [0.2, 0.25) is 5.15 Å². The van der Waals surface area contributed by atoms with E-state index >= 15 is 4.39 Å². The summed E-state index contributed by atoms with van der Waals surface area (Å²) in [6.45, 7) is 13.6. The Hall–Kier alpha value is -7.55. The summed E-state index contributed by atoms with van der Waals surface area (Å²) in [4.78, 5) is 59.2. The number of carbonyl (C=O) groups excluding carboxylic acids is 1. The Morgan fingerprint density at radius 2 is 1.30 bits per heavy atom. The highest BCUT2D eigenvalue weighted by Gasteiger charge is 2.23. The van der Waals surface area contributed by atoms with Crippen LogP contribution in [-0.4, -0.2) is 79.9 Å². The topological polar surface area (TPSA) is 240 Å². The molecule has 2 aromatic carbocycles. The number of fused-ring (bicyclic) bond motifs is 1. The fourth-order valence-corrected chi connectivity index (χ4v) is 6.77. The normalized spacial score (nSPS) is 11.7. The fourth-order valence-electron chi connectivity index (χ4n) is 6.54. The van der Waals surface area contributed by atoms with Gasteiger partial charge in [-0.1, -0.05) is 44.5 Å². The second kappa shape index (κ2) is 21.0. The molecule has 7 aromatic rings. The summed E-state index contributed by atoms with van der Waals surface area (Å²) >= 11 is 5.82. The SMILES string of the molecule is CC(=O)OCc1c(-c2cc(Nc3ccc(OCC(C)(C)O)cn3)c(=O)n(C)n2)cccc1-n1ncc2cc(C(C)(C)C)cc(F)c2c1=O.Cn1nc(Cl)cc(Nc2ccc(OCC(C)(C)O)cn2)c1=O. The second-order valence-corrected chi connectivity index (χ2v) is 18.9. The third-order valence-corrected chi connectivity index (χ3v) is 10.2. The summed E-state index contributed by atoms with van der Waals surface area (Å²) in [5.41, 5.74) is -1.25. The summed E-state index contributed by atoms with van der Waals surface area (Å²) in [6, 6.07) is 17.6. The van der Waals surface area contributed by atoms with Crippen molar-refractivity contribution >= 4 is 51.4 Å². The van der Waals surface area contributed by atoms with E-state index < -0.39 is 34.1 Å². The van der Waals surface area contributed by atoms with E-state index in [-0.39, 0.29) is 58.4 Å². The van der Waals surface area contributed by atoms with Gasteiger partial charge in [-0.15, -0.1) is 0 Å². The van der Waals surface area contributed by atoms with Crippen molar-refractivity contribution in [2.24, 2.45) is 14.1 Å². The molecule has 0 unspecified atom stereocenters. The maximum atomic E-state index is 15.5. The molecule has 0 amide bonds. The van der Waals surface area contributed by atoms with Crippen LogP contribution in [0.25, 0.3) is 27.7 Å². The van der Waals surface area contributed by atoms with Crippen molar-refractivity contribution < 1.29 is 33.6 Å². The van der Waals surface area contributed by atoms with Crippen LogP contribution in [-0.2, 0) is 35.6 Å². The molecular formula is C49H54ClFN10O9. The number of aromatic nitrogens is 8. The van der Waals surface area contributed by atoms with Crippen molar-refractivity contribution in [1.29, 1.82) is 0 Å². The van der Waals surface area contributed by atoms with Gasteiger partial charge in [-0.05, 0) is 87.2 Å². The van der Waals surface area contributed by atoms with Gasteiger partial charge in [-0.3, -0.25) is 19.2 Å². The van der Waals surface area contributed by atoms with Crippen molar-refractivity contribution in [2.75, 3.05) is 23.8 Å². The van der Waals surface area contributed by atoms with Gasteiger partial charge < -0.3 is 35.1 Å². The molecule has 0 spiro atoms. The quantitative estimate of drug-likeness (QED) is 0.0834. The molecule has 0 atom stereocenters. The number of aryl methyl sites for hydroxylation is 2. The van der Waals surface area contributed by atoms with E-state index in [1.165, 1.54) is 57.8 Å². The lowest BCUT2D eigenvalue weighted by Gasteiger charge is -2.20. The first-order chi connectivity index (χ1) is 32.8. The number of rotatable bonds is 14. The summed E-state index contributed by atoms with van der Waals surface area (Å²) in [5, 5.41) is 38.4. The Morgan fingerprint density at radius 3 is 1.81 bits per heavy atom. The van der Waals surface area contributed by atoms with Gasteiger partial charge in [0.2, 0.25) is 0 Å². The van der Waals surface area contributed by atoms with Crippen LogP contribution in [0.1, 0.15) is 66.5 Å².